The van der Waals surface area contributed by atoms with Crippen LogP contribution in [0.4, 0.5) is 0 Å². The summed E-state index contributed by atoms with van der Waals surface area (Å²) in [6, 6.07) is 0. The predicted molar refractivity (Wildman–Crippen MR) is 17.8 cm³/mol. The number of rotatable bonds is 0. The molecule has 0 aliphatic rings. The third-order valence-corrected chi connectivity index (χ3v) is 0. The summed E-state index contributed by atoms with van der Waals surface area (Å²) in [5, 5.41) is 24.8. The zero-order valence-corrected chi connectivity index (χ0v) is 5.91. The fourth-order valence-corrected chi connectivity index (χ4v) is 0. The van der Waals surface area contributed by atoms with Gasteiger partial charge in [0.25, 0.3) is 0 Å². The van der Waals surface area contributed by atoms with Crippen molar-refractivity contribution in [3.63, 3.8) is 0 Å². The third kappa shape index (κ3) is 734. The zero-order chi connectivity index (χ0) is 6.00. The minimum absolute atomic E-state index is 0. The van der Waals surface area contributed by atoms with Crippen molar-refractivity contribution in [2.75, 3.05) is 21.3 Å². The summed E-state index contributed by atoms with van der Waals surface area (Å²) in [5.74, 6) is 0. The van der Waals surface area contributed by atoms with Crippen molar-refractivity contribution in [1.82, 2.24) is 0 Å². The maximum absolute atomic E-state index is 8.25. The van der Waals surface area contributed by atoms with Crippen LogP contribution in [0, 0.1) is 0 Å². The van der Waals surface area contributed by atoms with Gasteiger partial charge in [-0.15, -0.1) is 0 Å². The van der Waals surface area contributed by atoms with Gasteiger partial charge in [-0.05, 0) is 0 Å². The Labute approximate surface area is 54.7 Å². The van der Waals surface area contributed by atoms with E-state index in [-0.39, 0.29) is 17.4 Å². The van der Waals surface area contributed by atoms with Crippen LogP contribution in [0.15, 0.2) is 0 Å². The normalized spacial score (nSPS) is 2.57. The first-order valence-electron chi connectivity index (χ1n) is 1.22. The molecule has 4 heteroatoms. The number of hydrogen-bond acceptors (Lipinski definition) is 3. The van der Waals surface area contributed by atoms with E-state index in [1.54, 1.807) is 0 Å². The Morgan fingerprint density at radius 3 is 0.571 bits per heavy atom. The molecule has 0 bridgehead atoms. The Morgan fingerprint density at radius 2 is 0.571 bits per heavy atom. The monoisotopic (exact) mass is 145 g/mol. The van der Waals surface area contributed by atoms with Crippen LogP contribution in [-0.2, 0) is 17.4 Å². The van der Waals surface area contributed by atoms with E-state index in [4.69, 9.17) is 15.3 Å². The van der Waals surface area contributed by atoms with Crippen LogP contribution in [0.25, 0.3) is 0 Å². The molecule has 0 fully saturated rings. The molecule has 0 heterocycles. The quantitative estimate of drug-likeness (QED) is 0.363. The zero-order valence-electron chi connectivity index (χ0n) is 4.63. The second-order valence-electron chi connectivity index (χ2n) is 0. The molecule has 3 nitrogen and oxygen atoms in total. The number of hydrogen-bond donors (Lipinski definition) is 0. The first kappa shape index (κ1) is 26.2. The summed E-state index contributed by atoms with van der Waals surface area (Å²) >= 11 is 0. The second-order valence-corrected chi connectivity index (χ2v) is 0. The molecule has 0 aliphatic carbocycles. The smallest absolute Gasteiger partial charge is 0.857 e. The fraction of sp³-hybridized carbons (Fsp3) is 1.00. The van der Waals surface area contributed by atoms with Crippen molar-refractivity contribution in [3.8, 4) is 0 Å². The van der Waals surface area contributed by atoms with E-state index in [0.717, 1.165) is 21.3 Å². The Kier molecular flexibility index (Phi) is 4130. The first-order valence-corrected chi connectivity index (χ1v) is 1.22. The van der Waals surface area contributed by atoms with Crippen molar-refractivity contribution in [1.29, 1.82) is 0 Å². The van der Waals surface area contributed by atoms with Crippen LogP contribution in [-0.4, -0.2) is 21.3 Å². The summed E-state index contributed by atoms with van der Waals surface area (Å²) in [6.45, 7) is 0. The molecule has 0 aromatic carbocycles. The van der Waals surface area contributed by atoms with Gasteiger partial charge < -0.3 is 15.3 Å². The van der Waals surface area contributed by atoms with Crippen LogP contribution in [0.3, 0.4) is 0 Å². The molecular formula is C3H9CrO3. The van der Waals surface area contributed by atoms with Gasteiger partial charge in [-0.2, -0.15) is 21.3 Å². The SMILES string of the molecule is C[O-].C[O-].C[O-].[Cr+3]. The van der Waals surface area contributed by atoms with Crippen LogP contribution in [0.2, 0.25) is 0 Å². The van der Waals surface area contributed by atoms with Crippen molar-refractivity contribution >= 4 is 0 Å². The van der Waals surface area contributed by atoms with Gasteiger partial charge >= 0.3 is 17.4 Å². The van der Waals surface area contributed by atoms with E-state index in [1.807, 2.05) is 0 Å². The Bertz CT molecular complexity index is 10.1. The van der Waals surface area contributed by atoms with E-state index in [0.29, 0.717) is 0 Å². The van der Waals surface area contributed by atoms with Gasteiger partial charge in [0.15, 0.2) is 0 Å². The molecule has 0 atom stereocenters. The third-order valence-electron chi connectivity index (χ3n) is 0. The van der Waals surface area contributed by atoms with Crippen molar-refractivity contribution in [2.45, 2.75) is 0 Å². The van der Waals surface area contributed by atoms with Gasteiger partial charge in [-0.25, -0.2) is 0 Å². The van der Waals surface area contributed by atoms with Gasteiger partial charge in [-0.3, -0.25) is 0 Å². The van der Waals surface area contributed by atoms with Crippen LogP contribution < -0.4 is 15.3 Å². The van der Waals surface area contributed by atoms with Crippen molar-refractivity contribution in [2.24, 2.45) is 0 Å². The largest absolute Gasteiger partial charge is 3.00 e. The molecule has 1 radical (unpaired) electrons. The molecular weight excluding hydrogens is 136 g/mol. The molecule has 7 heavy (non-hydrogen) atoms. The molecule has 0 saturated heterocycles. The molecule has 0 rings (SSSR count). The van der Waals surface area contributed by atoms with Gasteiger partial charge in [-0.1, -0.05) is 0 Å². The van der Waals surface area contributed by atoms with Crippen LogP contribution >= 0.6 is 0 Å². The standard InChI is InChI=1S/3CH3O.Cr/c3*1-2;/h3*1H3;/q3*-1;+3. The maximum Gasteiger partial charge on any atom is 3.00 e. The summed E-state index contributed by atoms with van der Waals surface area (Å²) in [6.07, 6.45) is 0. The van der Waals surface area contributed by atoms with Crippen LogP contribution in [0.5, 0.6) is 0 Å². The molecule has 0 amide bonds. The van der Waals surface area contributed by atoms with Crippen LogP contribution in [0.1, 0.15) is 0 Å². The summed E-state index contributed by atoms with van der Waals surface area (Å²) in [7, 11) is 2.25. The first-order chi connectivity index (χ1) is 3.00. The fourth-order valence-electron chi connectivity index (χ4n) is 0. The van der Waals surface area contributed by atoms with Crippen molar-refractivity contribution < 1.29 is 32.7 Å². The van der Waals surface area contributed by atoms with E-state index < -0.39 is 0 Å². The van der Waals surface area contributed by atoms with Crippen molar-refractivity contribution in [3.05, 3.63) is 0 Å². The molecule has 0 saturated carbocycles. The van der Waals surface area contributed by atoms with Gasteiger partial charge in [0.2, 0.25) is 0 Å². The van der Waals surface area contributed by atoms with E-state index in [9.17, 15) is 0 Å². The molecule has 0 aromatic heterocycles. The summed E-state index contributed by atoms with van der Waals surface area (Å²) in [4.78, 5) is 0. The van der Waals surface area contributed by atoms with Gasteiger partial charge in [0.05, 0.1) is 0 Å². The average molecular weight is 145 g/mol. The summed E-state index contributed by atoms with van der Waals surface area (Å²) in [5.41, 5.74) is 0. The molecule has 0 spiro atoms. The Morgan fingerprint density at radius 1 is 0.571 bits per heavy atom. The molecule has 0 aliphatic heterocycles. The minimum atomic E-state index is 0. The molecule has 0 N–H and O–H groups in total. The average Bonchev–Trinajstić information content (AvgIpc) is 1.81. The maximum atomic E-state index is 8.25. The van der Waals surface area contributed by atoms with Gasteiger partial charge in [0, 0.05) is 0 Å². The summed E-state index contributed by atoms with van der Waals surface area (Å²) < 4.78 is 0. The molecule has 0 aromatic rings. The van der Waals surface area contributed by atoms with E-state index in [1.165, 1.54) is 0 Å². The second kappa shape index (κ2) is 1100. The molecule has 45 valence electrons. The Balaban J connectivity index is -0.00000000900. The predicted octanol–water partition coefficient (Wildman–Crippen LogP) is -3.07. The topological polar surface area (TPSA) is 69.2 Å². The Hall–Kier alpha value is 0.412. The van der Waals surface area contributed by atoms with Gasteiger partial charge in [0.1, 0.15) is 0 Å². The minimum Gasteiger partial charge on any atom is -0.857 e. The van der Waals surface area contributed by atoms with E-state index >= 15 is 0 Å². The molecule has 0 unspecified atom stereocenters. The van der Waals surface area contributed by atoms with E-state index in [2.05, 4.69) is 0 Å².